The van der Waals surface area contributed by atoms with E-state index in [0.717, 1.165) is 11.4 Å². The van der Waals surface area contributed by atoms with Crippen LogP contribution in [-0.2, 0) is 11.3 Å². The van der Waals surface area contributed by atoms with E-state index >= 15 is 0 Å². The highest BCUT2D eigenvalue weighted by molar-refractivity contribution is 5.89. The number of nitrogens with one attached hydrogen (secondary N) is 1. The van der Waals surface area contributed by atoms with E-state index in [9.17, 15) is 9.59 Å². The van der Waals surface area contributed by atoms with E-state index in [0.29, 0.717) is 22.7 Å². The standard InChI is InChI=1S/C21H20N6O2/c1-14-7-6-10-18(23-14)25-19(28)11-12-26-15(2)24-20-17(21(26)29)13-22-27(20)16-8-4-3-5-9-16/h3-10,13H,11-12H2,1-2H3,(H,23,25,28). The molecule has 3 aromatic heterocycles. The lowest BCUT2D eigenvalue weighted by Crippen LogP contribution is -2.26. The normalized spacial score (nSPS) is 11.0. The molecule has 0 saturated carbocycles. The van der Waals surface area contributed by atoms with Crippen molar-refractivity contribution in [2.75, 3.05) is 5.32 Å². The Balaban J connectivity index is 1.57. The van der Waals surface area contributed by atoms with Gasteiger partial charge in [0.1, 0.15) is 17.0 Å². The Morgan fingerprint density at radius 1 is 1.03 bits per heavy atom. The molecule has 0 aliphatic carbocycles. The van der Waals surface area contributed by atoms with Crippen LogP contribution in [0.2, 0.25) is 0 Å². The molecule has 0 saturated heterocycles. The summed E-state index contributed by atoms with van der Waals surface area (Å²) in [6.45, 7) is 3.83. The average Bonchev–Trinajstić information content (AvgIpc) is 3.12. The molecule has 0 bridgehead atoms. The molecule has 1 N–H and O–H groups in total. The molecule has 0 aliphatic heterocycles. The lowest BCUT2D eigenvalue weighted by molar-refractivity contribution is -0.116. The average molecular weight is 388 g/mol. The molecule has 0 aliphatic rings. The molecule has 146 valence electrons. The number of nitrogens with zero attached hydrogens (tertiary/aromatic N) is 5. The summed E-state index contributed by atoms with van der Waals surface area (Å²) < 4.78 is 3.15. The predicted molar refractivity (Wildman–Crippen MR) is 110 cm³/mol. The van der Waals surface area contributed by atoms with E-state index in [2.05, 4.69) is 20.4 Å². The lowest BCUT2D eigenvalue weighted by atomic mass is 10.3. The number of amides is 1. The van der Waals surface area contributed by atoms with Crippen molar-refractivity contribution in [1.29, 1.82) is 0 Å². The summed E-state index contributed by atoms with van der Waals surface area (Å²) in [6.07, 6.45) is 1.65. The molecule has 4 aromatic rings. The number of carbonyl (C=O) groups excluding carboxylic acids is 1. The number of carbonyl (C=O) groups is 1. The Labute approximate surface area is 166 Å². The highest BCUT2D eigenvalue weighted by Crippen LogP contribution is 2.14. The van der Waals surface area contributed by atoms with E-state index < -0.39 is 0 Å². The summed E-state index contributed by atoms with van der Waals surface area (Å²) in [5.74, 6) is 0.813. The molecule has 0 radical (unpaired) electrons. The van der Waals surface area contributed by atoms with Crippen LogP contribution in [0.4, 0.5) is 5.82 Å². The number of aromatic nitrogens is 5. The summed E-state index contributed by atoms with van der Waals surface area (Å²) in [7, 11) is 0. The zero-order valence-corrected chi connectivity index (χ0v) is 16.2. The van der Waals surface area contributed by atoms with Crippen LogP contribution in [0.25, 0.3) is 16.7 Å². The molecule has 8 heteroatoms. The van der Waals surface area contributed by atoms with Crippen molar-refractivity contribution >= 4 is 22.8 Å². The minimum Gasteiger partial charge on any atom is -0.311 e. The van der Waals surface area contributed by atoms with E-state index in [4.69, 9.17) is 0 Å². The molecule has 0 unspecified atom stereocenters. The Kier molecular flexibility index (Phi) is 4.90. The second-order valence-electron chi connectivity index (χ2n) is 6.71. The minimum atomic E-state index is -0.213. The first kappa shape index (κ1) is 18.5. The fraction of sp³-hybridized carbons (Fsp3) is 0.190. The zero-order valence-electron chi connectivity index (χ0n) is 16.2. The van der Waals surface area contributed by atoms with Crippen molar-refractivity contribution < 1.29 is 4.79 Å². The fourth-order valence-corrected chi connectivity index (χ4v) is 3.16. The molecular weight excluding hydrogens is 368 g/mol. The third-order valence-corrected chi connectivity index (χ3v) is 4.60. The van der Waals surface area contributed by atoms with Crippen LogP contribution in [0.15, 0.2) is 59.5 Å². The van der Waals surface area contributed by atoms with Gasteiger partial charge in [0.05, 0.1) is 11.9 Å². The molecule has 1 amide bonds. The topological polar surface area (TPSA) is 94.7 Å². The van der Waals surface area contributed by atoms with Gasteiger partial charge in [-0.15, -0.1) is 0 Å². The van der Waals surface area contributed by atoms with E-state index in [-0.39, 0.29) is 24.4 Å². The van der Waals surface area contributed by atoms with Crippen molar-refractivity contribution in [3.8, 4) is 5.69 Å². The smallest absolute Gasteiger partial charge is 0.264 e. The monoisotopic (exact) mass is 388 g/mol. The number of benzene rings is 1. The van der Waals surface area contributed by atoms with Crippen LogP contribution in [0.5, 0.6) is 0 Å². The maximum absolute atomic E-state index is 12.9. The maximum Gasteiger partial charge on any atom is 0.264 e. The Hall–Kier alpha value is -3.81. The number of pyridine rings is 1. The molecule has 8 nitrogen and oxygen atoms in total. The number of aryl methyl sites for hydroxylation is 2. The van der Waals surface area contributed by atoms with Gasteiger partial charge in [0.2, 0.25) is 5.91 Å². The largest absolute Gasteiger partial charge is 0.311 e. The highest BCUT2D eigenvalue weighted by atomic mass is 16.2. The first-order valence-electron chi connectivity index (χ1n) is 9.27. The van der Waals surface area contributed by atoms with Crippen molar-refractivity contribution in [2.45, 2.75) is 26.8 Å². The summed E-state index contributed by atoms with van der Waals surface area (Å²) in [5.41, 5.74) is 1.94. The van der Waals surface area contributed by atoms with Crippen LogP contribution in [0, 0.1) is 13.8 Å². The number of fused-ring (bicyclic) bond motifs is 1. The zero-order chi connectivity index (χ0) is 20.4. The van der Waals surface area contributed by atoms with Crippen LogP contribution < -0.4 is 10.9 Å². The quantitative estimate of drug-likeness (QED) is 0.567. The number of hydrogen-bond donors (Lipinski definition) is 1. The van der Waals surface area contributed by atoms with Crippen LogP contribution in [0.3, 0.4) is 0 Å². The van der Waals surface area contributed by atoms with Crippen molar-refractivity contribution in [3.05, 3.63) is 76.6 Å². The van der Waals surface area contributed by atoms with Gasteiger partial charge in [-0.1, -0.05) is 24.3 Å². The summed E-state index contributed by atoms with van der Waals surface area (Å²) in [6, 6.07) is 14.9. The second-order valence-corrected chi connectivity index (χ2v) is 6.71. The van der Waals surface area contributed by atoms with Gasteiger partial charge in [0, 0.05) is 18.7 Å². The molecule has 3 heterocycles. The third kappa shape index (κ3) is 3.77. The first-order chi connectivity index (χ1) is 14.0. The van der Waals surface area contributed by atoms with E-state index in [1.807, 2.05) is 49.4 Å². The maximum atomic E-state index is 12.9. The van der Waals surface area contributed by atoms with Gasteiger partial charge in [0.15, 0.2) is 5.65 Å². The molecule has 29 heavy (non-hydrogen) atoms. The lowest BCUT2D eigenvalue weighted by Gasteiger charge is -2.10. The van der Waals surface area contributed by atoms with E-state index in [1.165, 1.54) is 10.8 Å². The van der Waals surface area contributed by atoms with Crippen molar-refractivity contribution in [1.82, 2.24) is 24.3 Å². The van der Waals surface area contributed by atoms with Gasteiger partial charge in [-0.3, -0.25) is 14.2 Å². The molecule has 1 aromatic carbocycles. The Bertz CT molecular complexity index is 1240. The second kappa shape index (κ2) is 7.67. The van der Waals surface area contributed by atoms with Crippen LogP contribution in [0.1, 0.15) is 17.9 Å². The third-order valence-electron chi connectivity index (χ3n) is 4.60. The van der Waals surface area contributed by atoms with Gasteiger partial charge in [-0.2, -0.15) is 5.10 Å². The van der Waals surface area contributed by atoms with Gasteiger partial charge in [0.25, 0.3) is 5.56 Å². The van der Waals surface area contributed by atoms with Crippen molar-refractivity contribution in [2.24, 2.45) is 0 Å². The van der Waals surface area contributed by atoms with Crippen LogP contribution >= 0.6 is 0 Å². The minimum absolute atomic E-state index is 0.135. The Morgan fingerprint density at radius 3 is 2.59 bits per heavy atom. The highest BCUT2D eigenvalue weighted by Gasteiger charge is 2.15. The summed E-state index contributed by atoms with van der Waals surface area (Å²) >= 11 is 0. The Morgan fingerprint density at radius 2 is 1.83 bits per heavy atom. The molecule has 0 atom stereocenters. The van der Waals surface area contributed by atoms with Crippen molar-refractivity contribution in [3.63, 3.8) is 0 Å². The number of rotatable bonds is 5. The molecule has 0 spiro atoms. The number of para-hydroxylation sites is 1. The summed E-state index contributed by atoms with van der Waals surface area (Å²) in [5, 5.41) is 7.49. The first-order valence-corrected chi connectivity index (χ1v) is 9.27. The van der Waals surface area contributed by atoms with Gasteiger partial charge in [-0.25, -0.2) is 14.6 Å². The SMILES string of the molecule is Cc1cccc(NC(=O)CCn2c(C)nc3c(cnn3-c3ccccc3)c2=O)n1. The van der Waals surface area contributed by atoms with Gasteiger partial charge in [-0.05, 0) is 38.1 Å². The van der Waals surface area contributed by atoms with Crippen LogP contribution in [-0.4, -0.2) is 30.2 Å². The number of anilines is 1. The summed E-state index contributed by atoms with van der Waals surface area (Å²) in [4.78, 5) is 34.0. The molecule has 0 fully saturated rings. The number of hydrogen-bond acceptors (Lipinski definition) is 5. The van der Waals surface area contributed by atoms with Gasteiger partial charge >= 0.3 is 0 Å². The predicted octanol–water partition coefficient (Wildman–Crippen LogP) is 2.62. The fourth-order valence-electron chi connectivity index (χ4n) is 3.16. The van der Waals surface area contributed by atoms with E-state index in [1.54, 1.807) is 17.7 Å². The molecule has 4 rings (SSSR count). The van der Waals surface area contributed by atoms with Gasteiger partial charge < -0.3 is 5.32 Å². The molecular formula is C21H20N6O2.